The van der Waals surface area contributed by atoms with Gasteiger partial charge in [-0.15, -0.1) is 0 Å². The summed E-state index contributed by atoms with van der Waals surface area (Å²) in [5, 5.41) is 2.74. The Bertz CT molecular complexity index is 1670. The number of carbonyl (C=O) groups is 1. The SMILES string of the molecule is COc1ccc(CCNC(=O)OC[C@H](CC(C)C)N(C)S(=O)(=O)c2ccc(Cc3nccc4[nH]c(C)nc34)cc2)cc1OC. The number of sulfonamides is 1. The summed E-state index contributed by atoms with van der Waals surface area (Å²) in [5.41, 5.74) is 4.41. The Labute approximate surface area is 259 Å². The molecule has 44 heavy (non-hydrogen) atoms. The van der Waals surface area contributed by atoms with Crippen molar-refractivity contribution < 1.29 is 27.4 Å². The lowest BCUT2D eigenvalue weighted by Gasteiger charge is -2.28. The third kappa shape index (κ3) is 8.06. The fourth-order valence-corrected chi connectivity index (χ4v) is 6.36. The van der Waals surface area contributed by atoms with E-state index >= 15 is 0 Å². The molecule has 2 aromatic carbocycles. The molecule has 0 radical (unpaired) electrons. The Kier molecular flexibility index (Phi) is 10.8. The predicted octanol–water partition coefficient (Wildman–Crippen LogP) is 4.88. The molecule has 0 bridgehead atoms. The molecule has 2 heterocycles. The number of rotatable bonds is 14. The van der Waals surface area contributed by atoms with Crippen molar-refractivity contribution in [3.63, 3.8) is 0 Å². The van der Waals surface area contributed by atoms with E-state index in [1.165, 1.54) is 11.4 Å². The van der Waals surface area contributed by atoms with Crippen LogP contribution in [0.1, 0.15) is 42.9 Å². The van der Waals surface area contributed by atoms with Gasteiger partial charge in [0.15, 0.2) is 11.5 Å². The van der Waals surface area contributed by atoms with Crippen molar-refractivity contribution in [2.75, 3.05) is 34.4 Å². The first kappa shape index (κ1) is 32.7. The molecule has 12 heteroatoms. The quantitative estimate of drug-likeness (QED) is 0.203. The number of aromatic amines is 1. The van der Waals surface area contributed by atoms with E-state index in [0.717, 1.165) is 33.7 Å². The topological polar surface area (TPSA) is 136 Å². The lowest BCUT2D eigenvalue weighted by atomic mass is 10.0. The van der Waals surface area contributed by atoms with Crippen LogP contribution in [0.2, 0.25) is 0 Å². The summed E-state index contributed by atoms with van der Waals surface area (Å²) in [7, 11) is 0.818. The van der Waals surface area contributed by atoms with E-state index in [9.17, 15) is 13.2 Å². The zero-order valence-corrected chi connectivity index (χ0v) is 26.9. The molecule has 0 saturated heterocycles. The molecule has 236 valence electrons. The summed E-state index contributed by atoms with van der Waals surface area (Å²) in [4.78, 5) is 24.9. The number of benzene rings is 2. The van der Waals surface area contributed by atoms with Gasteiger partial charge in [-0.1, -0.05) is 32.0 Å². The molecular weight excluding hydrogens is 582 g/mol. The Morgan fingerprint density at radius 1 is 1.02 bits per heavy atom. The Morgan fingerprint density at radius 3 is 2.41 bits per heavy atom. The van der Waals surface area contributed by atoms with Crippen LogP contribution in [0.3, 0.4) is 0 Å². The summed E-state index contributed by atoms with van der Waals surface area (Å²) < 4.78 is 44.6. The summed E-state index contributed by atoms with van der Waals surface area (Å²) >= 11 is 0. The highest BCUT2D eigenvalue weighted by molar-refractivity contribution is 7.89. The molecule has 0 aliphatic carbocycles. The molecule has 1 atom stereocenters. The first-order valence-electron chi connectivity index (χ1n) is 14.5. The van der Waals surface area contributed by atoms with Crippen LogP contribution in [-0.2, 0) is 27.6 Å². The summed E-state index contributed by atoms with van der Waals surface area (Å²) in [6.07, 6.45) is 2.72. The van der Waals surface area contributed by atoms with Gasteiger partial charge in [-0.2, -0.15) is 4.31 Å². The molecule has 4 aromatic rings. The summed E-state index contributed by atoms with van der Waals surface area (Å²) in [6, 6.07) is 13.7. The maximum atomic E-state index is 13.6. The van der Waals surface area contributed by atoms with Gasteiger partial charge in [0, 0.05) is 26.2 Å². The zero-order chi connectivity index (χ0) is 31.9. The average molecular weight is 624 g/mol. The molecule has 1 amide bonds. The molecule has 0 aliphatic rings. The molecule has 0 saturated carbocycles. The second-order valence-electron chi connectivity index (χ2n) is 11.1. The molecule has 4 rings (SSSR count). The molecule has 0 unspecified atom stereocenters. The highest BCUT2D eigenvalue weighted by atomic mass is 32.2. The minimum atomic E-state index is -3.85. The number of aryl methyl sites for hydroxylation is 1. The van der Waals surface area contributed by atoms with Crippen LogP contribution in [0, 0.1) is 12.8 Å². The van der Waals surface area contributed by atoms with E-state index < -0.39 is 22.2 Å². The van der Waals surface area contributed by atoms with Crippen molar-refractivity contribution in [2.24, 2.45) is 5.92 Å². The van der Waals surface area contributed by atoms with Gasteiger partial charge in [-0.05, 0) is 67.1 Å². The fraction of sp³-hybridized carbons (Fsp3) is 0.406. The number of alkyl carbamates (subject to hydrolysis) is 1. The van der Waals surface area contributed by atoms with Crippen LogP contribution in [0.5, 0.6) is 11.5 Å². The number of nitrogens with zero attached hydrogens (tertiary/aromatic N) is 3. The molecular formula is C32H41N5O6S. The van der Waals surface area contributed by atoms with Gasteiger partial charge in [0.25, 0.3) is 0 Å². The minimum absolute atomic E-state index is 0.0764. The second kappa shape index (κ2) is 14.5. The van der Waals surface area contributed by atoms with Crippen LogP contribution in [0.15, 0.2) is 59.6 Å². The van der Waals surface area contributed by atoms with Gasteiger partial charge >= 0.3 is 6.09 Å². The number of methoxy groups -OCH3 is 2. The second-order valence-corrected chi connectivity index (χ2v) is 13.1. The standard InChI is InChI=1S/C32H41N5O6S/c1-21(2)17-25(20-43-32(38)34-15-13-24-9-12-29(41-5)30(19-24)42-6)37(4)44(39,40)26-10-7-23(8-11-26)18-28-31-27(14-16-33-28)35-22(3)36-31/h7-12,14,16,19,21,25H,13,15,17-18,20H2,1-6H3,(H,34,38)(H,35,36)/t25-/m0/s1. The van der Waals surface area contributed by atoms with Gasteiger partial charge in [0.2, 0.25) is 10.0 Å². The number of amides is 1. The fourth-order valence-electron chi connectivity index (χ4n) is 5.01. The summed E-state index contributed by atoms with van der Waals surface area (Å²) in [5.74, 6) is 2.23. The van der Waals surface area contributed by atoms with Gasteiger partial charge in [0.1, 0.15) is 17.9 Å². The van der Waals surface area contributed by atoms with Crippen LogP contribution in [0.25, 0.3) is 11.0 Å². The number of nitrogens with one attached hydrogen (secondary N) is 2. The van der Waals surface area contributed by atoms with E-state index in [2.05, 4.69) is 20.3 Å². The third-order valence-corrected chi connectivity index (χ3v) is 9.29. The largest absolute Gasteiger partial charge is 0.493 e. The molecule has 0 spiro atoms. The number of hydrogen-bond acceptors (Lipinski definition) is 8. The number of likely N-dealkylation sites (N-methyl/N-ethyl adjacent to an activating group) is 1. The van der Waals surface area contributed by atoms with E-state index in [4.69, 9.17) is 14.2 Å². The van der Waals surface area contributed by atoms with Crippen molar-refractivity contribution >= 4 is 27.1 Å². The number of aromatic nitrogens is 3. The predicted molar refractivity (Wildman–Crippen MR) is 169 cm³/mol. The first-order chi connectivity index (χ1) is 21.0. The highest BCUT2D eigenvalue weighted by Crippen LogP contribution is 2.28. The third-order valence-electron chi connectivity index (χ3n) is 7.36. The smallest absolute Gasteiger partial charge is 0.407 e. The zero-order valence-electron chi connectivity index (χ0n) is 26.1. The Hall–Kier alpha value is -4.16. The molecule has 0 fully saturated rings. The lowest BCUT2D eigenvalue weighted by Crippen LogP contribution is -2.42. The number of pyridine rings is 1. The number of imidazole rings is 1. The Balaban J connectivity index is 1.36. The van der Waals surface area contributed by atoms with Crippen LogP contribution < -0.4 is 14.8 Å². The molecule has 2 aromatic heterocycles. The van der Waals surface area contributed by atoms with E-state index in [0.29, 0.717) is 37.3 Å². The van der Waals surface area contributed by atoms with Crippen LogP contribution >= 0.6 is 0 Å². The molecule has 11 nitrogen and oxygen atoms in total. The van der Waals surface area contributed by atoms with E-state index in [-0.39, 0.29) is 17.4 Å². The average Bonchev–Trinajstić information content (AvgIpc) is 3.40. The number of ether oxygens (including phenoxy) is 3. The Morgan fingerprint density at radius 2 is 1.73 bits per heavy atom. The molecule has 2 N–H and O–H groups in total. The van der Waals surface area contributed by atoms with Crippen LogP contribution in [-0.4, -0.2) is 74.2 Å². The normalized spacial score (nSPS) is 12.5. The highest BCUT2D eigenvalue weighted by Gasteiger charge is 2.29. The number of H-pyrrole nitrogens is 1. The van der Waals surface area contributed by atoms with E-state index in [1.54, 1.807) is 44.7 Å². The maximum Gasteiger partial charge on any atom is 0.407 e. The van der Waals surface area contributed by atoms with Gasteiger partial charge < -0.3 is 24.5 Å². The lowest BCUT2D eigenvalue weighted by molar-refractivity contribution is 0.115. The minimum Gasteiger partial charge on any atom is -0.493 e. The maximum absolute atomic E-state index is 13.6. The number of hydrogen-bond donors (Lipinski definition) is 2. The van der Waals surface area contributed by atoms with Crippen molar-refractivity contribution in [3.05, 3.63) is 77.4 Å². The van der Waals surface area contributed by atoms with Crippen molar-refractivity contribution in [2.45, 2.75) is 51.0 Å². The van der Waals surface area contributed by atoms with Gasteiger partial charge in [0.05, 0.1) is 36.4 Å². The van der Waals surface area contributed by atoms with Gasteiger partial charge in [-0.25, -0.2) is 18.2 Å². The molecule has 0 aliphatic heterocycles. The van der Waals surface area contributed by atoms with Crippen molar-refractivity contribution in [1.82, 2.24) is 24.6 Å². The monoisotopic (exact) mass is 623 g/mol. The first-order valence-corrected chi connectivity index (χ1v) is 15.9. The number of fused-ring (bicyclic) bond motifs is 1. The van der Waals surface area contributed by atoms with Crippen molar-refractivity contribution in [3.8, 4) is 11.5 Å². The van der Waals surface area contributed by atoms with Crippen LogP contribution in [0.4, 0.5) is 4.79 Å². The summed E-state index contributed by atoms with van der Waals surface area (Å²) in [6.45, 7) is 6.16. The number of carbonyl (C=O) groups excluding carboxylic acids is 1. The van der Waals surface area contributed by atoms with E-state index in [1.807, 2.05) is 45.0 Å². The van der Waals surface area contributed by atoms with Crippen molar-refractivity contribution in [1.29, 1.82) is 0 Å². The van der Waals surface area contributed by atoms with Gasteiger partial charge in [-0.3, -0.25) is 4.98 Å².